The van der Waals surface area contributed by atoms with Crippen LogP contribution >= 0.6 is 0 Å². The Morgan fingerprint density at radius 2 is 2.13 bits per heavy atom. The van der Waals surface area contributed by atoms with E-state index < -0.39 is 0 Å². The average molecular weight is 207 g/mol. The van der Waals surface area contributed by atoms with Crippen LogP contribution in [-0.2, 0) is 6.54 Å². The van der Waals surface area contributed by atoms with Crippen molar-refractivity contribution < 1.29 is 5.11 Å². The average Bonchev–Trinajstić information content (AvgIpc) is 2.15. The zero-order valence-corrected chi connectivity index (χ0v) is 9.90. The Morgan fingerprint density at radius 1 is 1.40 bits per heavy atom. The van der Waals surface area contributed by atoms with Gasteiger partial charge in [0.15, 0.2) is 0 Å². The third kappa shape index (κ3) is 4.96. The summed E-state index contributed by atoms with van der Waals surface area (Å²) in [5.74, 6) is 0. The topological polar surface area (TPSA) is 23.5 Å². The van der Waals surface area contributed by atoms with Gasteiger partial charge in [-0.25, -0.2) is 0 Å². The maximum Gasteiger partial charge on any atom is 0.0524 e. The summed E-state index contributed by atoms with van der Waals surface area (Å²) >= 11 is 0. The molecule has 0 aromatic heterocycles. The van der Waals surface area contributed by atoms with Gasteiger partial charge in [-0.2, -0.15) is 0 Å². The van der Waals surface area contributed by atoms with Crippen LogP contribution in [0.25, 0.3) is 0 Å². The number of nitrogens with zero attached hydrogens (tertiary/aromatic N) is 1. The zero-order chi connectivity index (χ0) is 11.3. The first-order valence-electron chi connectivity index (χ1n) is 5.50. The highest BCUT2D eigenvalue weighted by molar-refractivity contribution is 5.21. The van der Waals surface area contributed by atoms with Crippen molar-refractivity contribution in [3.8, 4) is 0 Å². The fourth-order valence-corrected chi connectivity index (χ4v) is 1.61. The quantitative estimate of drug-likeness (QED) is 0.800. The number of hydrogen-bond acceptors (Lipinski definition) is 2. The molecule has 2 heteroatoms. The molecule has 0 aliphatic rings. The van der Waals surface area contributed by atoms with E-state index in [1.54, 1.807) is 0 Å². The second-order valence-corrected chi connectivity index (χ2v) is 4.36. The Kier molecular flexibility index (Phi) is 4.79. The van der Waals surface area contributed by atoms with Crippen LogP contribution in [0.5, 0.6) is 0 Å². The summed E-state index contributed by atoms with van der Waals surface area (Å²) in [5, 5.41) is 9.18. The van der Waals surface area contributed by atoms with E-state index in [1.807, 2.05) is 6.92 Å². The second kappa shape index (κ2) is 5.89. The lowest BCUT2D eigenvalue weighted by Gasteiger charge is -2.17. The Balaban J connectivity index is 2.40. The first-order valence-corrected chi connectivity index (χ1v) is 5.50. The van der Waals surface area contributed by atoms with Crippen molar-refractivity contribution in [3.05, 3.63) is 35.4 Å². The highest BCUT2D eigenvalue weighted by Crippen LogP contribution is 2.07. The third-order valence-corrected chi connectivity index (χ3v) is 2.46. The largest absolute Gasteiger partial charge is 0.393 e. The summed E-state index contributed by atoms with van der Waals surface area (Å²) in [6, 6.07) is 8.55. The van der Waals surface area contributed by atoms with Gasteiger partial charge in [-0.05, 0) is 32.9 Å². The van der Waals surface area contributed by atoms with Crippen molar-refractivity contribution in [2.24, 2.45) is 0 Å². The van der Waals surface area contributed by atoms with Gasteiger partial charge in [0, 0.05) is 13.1 Å². The van der Waals surface area contributed by atoms with E-state index in [0.29, 0.717) is 0 Å². The summed E-state index contributed by atoms with van der Waals surface area (Å²) in [6.07, 6.45) is 0.632. The lowest BCUT2D eigenvalue weighted by molar-refractivity contribution is 0.163. The van der Waals surface area contributed by atoms with E-state index in [1.165, 1.54) is 11.1 Å². The van der Waals surface area contributed by atoms with Crippen LogP contribution in [0.4, 0.5) is 0 Å². The van der Waals surface area contributed by atoms with Crippen LogP contribution in [-0.4, -0.2) is 29.7 Å². The summed E-state index contributed by atoms with van der Waals surface area (Å²) in [5.41, 5.74) is 2.64. The monoisotopic (exact) mass is 207 g/mol. The van der Waals surface area contributed by atoms with Gasteiger partial charge < -0.3 is 10.0 Å². The van der Waals surface area contributed by atoms with Gasteiger partial charge in [0.05, 0.1) is 6.10 Å². The summed E-state index contributed by atoms with van der Waals surface area (Å²) in [7, 11) is 2.09. The molecule has 1 aromatic carbocycles. The molecule has 1 aromatic rings. The molecular weight excluding hydrogens is 186 g/mol. The minimum absolute atomic E-state index is 0.204. The molecule has 1 unspecified atom stereocenters. The van der Waals surface area contributed by atoms with Crippen molar-refractivity contribution in [2.75, 3.05) is 13.6 Å². The Morgan fingerprint density at radius 3 is 2.73 bits per heavy atom. The van der Waals surface area contributed by atoms with E-state index in [0.717, 1.165) is 19.5 Å². The molecule has 15 heavy (non-hydrogen) atoms. The van der Waals surface area contributed by atoms with E-state index >= 15 is 0 Å². The highest BCUT2D eigenvalue weighted by atomic mass is 16.3. The molecule has 0 saturated heterocycles. The standard InChI is InChI=1S/C13H21NO/c1-11-5-4-6-13(9-11)10-14(3)8-7-12(2)15/h4-6,9,12,15H,7-8,10H2,1-3H3. The first kappa shape index (κ1) is 12.2. The zero-order valence-electron chi connectivity index (χ0n) is 9.90. The van der Waals surface area contributed by atoms with Crippen LogP contribution < -0.4 is 0 Å². The molecule has 0 spiro atoms. The third-order valence-electron chi connectivity index (χ3n) is 2.46. The van der Waals surface area contributed by atoms with Gasteiger partial charge >= 0.3 is 0 Å². The molecule has 1 N–H and O–H groups in total. The Labute approximate surface area is 92.5 Å². The lowest BCUT2D eigenvalue weighted by Crippen LogP contribution is -2.22. The summed E-state index contributed by atoms with van der Waals surface area (Å²) in [6.45, 7) is 5.83. The SMILES string of the molecule is Cc1cccc(CN(C)CCC(C)O)c1. The predicted octanol–water partition coefficient (Wildman–Crippen LogP) is 2.20. The van der Waals surface area contributed by atoms with Crippen molar-refractivity contribution in [2.45, 2.75) is 32.9 Å². The minimum atomic E-state index is -0.204. The van der Waals surface area contributed by atoms with Gasteiger partial charge in [-0.15, -0.1) is 0 Å². The van der Waals surface area contributed by atoms with Gasteiger partial charge in [0.2, 0.25) is 0 Å². The van der Waals surface area contributed by atoms with Crippen molar-refractivity contribution >= 4 is 0 Å². The van der Waals surface area contributed by atoms with E-state index in [-0.39, 0.29) is 6.10 Å². The molecule has 0 fully saturated rings. The summed E-state index contributed by atoms with van der Waals surface area (Å²) in [4.78, 5) is 2.24. The van der Waals surface area contributed by atoms with Crippen LogP contribution in [0.3, 0.4) is 0 Å². The molecule has 0 aliphatic carbocycles. The number of rotatable bonds is 5. The van der Waals surface area contributed by atoms with Gasteiger partial charge in [0.1, 0.15) is 0 Å². The maximum atomic E-state index is 9.18. The number of benzene rings is 1. The van der Waals surface area contributed by atoms with Gasteiger partial charge in [-0.3, -0.25) is 0 Å². The second-order valence-electron chi connectivity index (χ2n) is 4.36. The van der Waals surface area contributed by atoms with Crippen LogP contribution in [0.15, 0.2) is 24.3 Å². The van der Waals surface area contributed by atoms with E-state index in [4.69, 9.17) is 0 Å². The van der Waals surface area contributed by atoms with Crippen LogP contribution in [0.1, 0.15) is 24.5 Å². The summed E-state index contributed by atoms with van der Waals surface area (Å²) < 4.78 is 0. The van der Waals surface area contributed by atoms with Crippen LogP contribution in [0, 0.1) is 6.92 Å². The van der Waals surface area contributed by atoms with Crippen molar-refractivity contribution in [1.29, 1.82) is 0 Å². The maximum absolute atomic E-state index is 9.18. The molecule has 0 amide bonds. The smallest absolute Gasteiger partial charge is 0.0524 e. The molecule has 0 bridgehead atoms. The predicted molar refractivity (Wildman–Crippen MR) is 63.8 cm³/mol. The molecule has 2 nitrogen and oxygen atoms in total. The molecule has 84 valence electrons. The lowest BCUT2D eigenvalue weighted by atomic mass is 10.1. The normalized spacial score (nSPS) is 13.1. The number of hydrogen-bond donors (Lipinski definition) is 1. The Hall–Kier alpha value is -0.860. The minimum Gasteiger partial charge on any atom is -0.393 e. The van der Waals surface area contributed by atoms with Crippen molar-refractivity contribution in [3.63, 3.8) is 0 Å². The first-order chi connectivity index (χ1) is 7.08. The molecule has 0 heterocycles. The fourth-order valence-electron chi connectivity index (χ4n) is 1.61. The molecule has 1 rings (SSSR count). The van der Waals surface area contributed by atoms with E-state index in [2.05, 4.69) is 43.1 Å². The highest BCUT2D eigenvalue weighted by Gasteiger charge is 2.02. The van der Waals surface area contributed by atoms with Crippen molar-refractivity contribution in [1.82, 2.24) is 4.90 Å². The molecule has 1 atom stereocenters. The van der Waals surface area contributed by atoms with E-state index in [9.17, 15) is 5.11 Å². The molecule has 0 saturated carbocycles. The van der Waals surface area contributed by atoms with Gasteiger partial charge in [0.25, 0.3) is 0 Å². The Bertz CT molecular complexity index is 296. The number of aliphatic hydroxyl groups is 1. The van der Waals surface area contributed by atoms with Gasteiger partial charge in [-0.1, -0.05) is 29.8 Å². The molecular formula is C13H21NO. The van der Waals surface area contributed by atoms with Crippen LogP contribution in [0.2, 0.25) is 0 Å². The number of aliphatic hydroxyl groups excluding tert-OH is 1. The molecule has 0 radical (unpaired) electrons. The fraction of sp³-hybridized carbons (Fsp3) is 0.538. The molecule has 0 aliphatic heterocycles. The number of aryl methyl sites for hydroxylation is 1.